The summed E-state index contributed by atoms with van der Waals surface area (Å²) in [6, 6.07) is 26.8. The van der Waals surface area contributed by atoms with E-state index in [0.29, 0.717) is 0 Å². The third-order valence-electron chi connectivity index (χ3n) is 7.47. The maximum Gasteiger partial charge on any atom is 0.214 e. The number of hydrogen-bond donors (Lipinski definition) is 0. The van der Waals surface area contributed by atoms with Crippen LogP contribution in [0.3, 0.4) is 0 Å². The van der Waals surface area contributed by atoms with E-state index < -0.39 is 0 Å². The van der Waals surface area contributed by atoms with Crippen LogP contribution in [0, 0.1) is 0 Å². The van der Waals surface area contributed by atoms with Gasteiger partial charge in [0.1, 0.15) is 7.05 Å². The first-order valence-corrected chi connectivity index (χ1v) is 12.6. The molecule has 3 heteroatoms. The van der Waals surface area contributed by atoms with Crippen LogP contribution in [-0.2, 0) is 13.6 Å². The highest BCUT2D eigenvalue weighted by atomic mass is 15.1. The molecule has 1 aliphatic heterocycles. The van der Waals surface area contributed by atoms with Gasteiger partial charge in [-0.15, -0.1) is 0 Å². The third-order valence-corrected chi connectivity index (χ3v) is 7.47. The number of fused-ring (bicyclic) bond motifs is 4. The van der Waals surface area contributed by atoms with Crippen molar-refractivity contribution in [3.63, 3.8) is 0 Å². The van der Waals surface area contributed by atoms with Gasteiger partial charge in [-0.3, -0.25) is 0 Å². The predicted octanol–water partition coefficient (Wildman–Crippen LogP) is 6.95. The fraction of sp³-hybridized carbons (Fsp3) is 0.258. The lowest BCUT2D eigenvalue weighted by atomic mass is 10.1. The SMILES string of the molecule is CCn1c2ccccc2c2cc(/C=C/c3cc(N4CCCCC4)c4ccccc4[n+]3C)ccc21. The van der Waals surface area contributed by atoms with Crippen molar-refractivity contribution >= 4 is 50.5 Å². The highest BCUT2D eigenvalue weighted by Crippen LogP contribution is 2.31. The lowest BCUT2D eigenvalue weighted by Gasteiger charge is -2.29. The topological polar surface area (TPSA) is 12.1 Å². The van der Waals surface area contributed by atoms with Crippen molar-refractivity contribution in [2.75, 3.05) is 18.0 Å². The number of aromatic nitrogens is 2. The van der Waals surface area contributed by atoms with Crippen molar-refractivity contribution in [1.82, 2.24) is 4.57 Å². The van der Waals surface area contributed by atoms with Gasteiger partial charge in [0.25, 0.3) is 0 Å². The Morgan fingerprint density at radius 2 is 1.50 bits per heavy atom. The number of para-hydroxylation sites is 2. The van der Waals surface area contributed by atoms with E-state index in [-0.39, 0.29) is 0 Å². The summed E-state index contributed by atoms with van der Waals surface area (Å²) in [5.41, 5.74) is 7.74. The minimum Gasteiger partial charge on any atom is -0.371 e. The monoisotopic (exact) mass is 446 g/mol. The molecule has 0 atom stereocenters. The number of hydrogen-bond acceptors (Lipinski definition) is 1. The Bertz CT molecular complexity index is 1530. The summed E-state index contributed by atoms with van der Waals surface area (Å²) in [6.45, 7) is 5.50. The van der Waals surface area contributed by atoms with Gasteiger partial charge in [0.2, 0.25) is 11.2 Å². The summed E-state index contributed by atoms with van der Waals surface area (Å²) in [4.78, 5) is 2.58. The zero-order valence-electron chi connectivity index (χ0n) is 20.2. The van der Waals surface area contributed by atoms with E-state index >= 15 is 0 Å². The fourth-order valence-corrected chi connectivity index (χ4v) is 5.69. The minimum absolute atomic E-state index is 0.978. The smallest absolute Gasteiger partial charge is 0.214 e. The Morgan fingerprint density at radius 1 is 0.765 bits per heavy atom. The number of pyridine rings is 1. The molecular formula is C31H32N3+. The molecule has 5 aromatic rings. The van der Waals surface area contributed by atoms with Crippen molar-refractivity contribution in [2.45, 2.75) is 32.7 Å². The minimum atomic E-state index is 0.978. The molecule has 34 heavy (non-hydrogen) atoms. The summed E-state index contributed by atoms with van der Waals surface area (Å²) in [7, 11) is 2.18. The Balaban J connectivity index is 1.45. The molecule has 0 spiro atoms. The van der Waals surface area contributed by atoms with Gasteiger partial charge in [-0.1, -0.05) is 36.4 Å². The molecule has 3 heterocycles. The van der Waals surface area contributed by atoms with Crippen LogP contribution in [0.25, 0.3) is 44.9 Å². The van der Waals surface area contributed by atoms with Crippen LogP contribution in [0.5, 0.6) is 0 Å². The van der Waals surface area contributed by atoms with Gasteiger partial charge in [-0.25, -0.2) is 0 Å². The molecule has 3 nitrogen and oxygen atoms in total. The molecule has 0 saturated carbocycles. The molecule has 6 rings (SSSR count). The van der Waals surface area contributed by atoms with Gasteiger partial charge in [0, 0.05) is 59.6 Å². The Hall–Kier alpha value is -3.59. The highest BCUT2D eigenvalue weighted by molar-refractivity contribution is 6.08. The summed E-state index contributed by atoms with van der Waals surface area (Å²) in [5.74, 6) is 0. The van der Waals surface area contributed by atoms with Crippen molar-refractivity contribution in [3.8, 4) is 0 Å². The average Bonchev–Trinajstić information content (AvgIpc) is 3.22. The molecule has 0 bridgehead atoms. The molecule has 170 valence electrons. The first-order valence-electron chi connectivity index (χ1n) is 12.6. The van der Waals surface area contributed by atoms with E-state index in [0.717, 1.165) is 19.6 Å². The number of anilines is 1. The second kappa shape index (κ2) is 8.64. The van der Waals surface area contributed by atoms with Crippen LogP contribution >= 0.6 is 0 Å². The highest BCUT2D eigenvalue weighted by Gasteiger charge is 2.20. The van der Waals surface area contributed by atoms with E-state index in [4.69, 9.17) is 0 Å². The zero-order chi connectivity index (χ0) is 23.1. The molecule has 1 aliphatic rings. The Labute approximate surface area is 201 Å². The molecular weight excluding hydrogens is 414 g/mol. The van der Waals surface area contributed by atoms with E-state index in [1.165, 1.54) is 68.9 Å². The van der Waals surface area contributed by atoms with Gasteiger partial charge in [-0.05, 0) is 62.1 Å². The van der Waals surface area contributed by atoms with Gasteiger partial charge in [-0.2, -0.15) is 4.57 Å². The molecule has 0 unspecified atom stereocenters. The van der Waals surface area contributed by atoms with E-state index in [1.54, 1.807) is 0 Å². The standard InChI is InChI=1S/C31H32N3/c1-3-34-29-14-8-5-11-25(29)27-21-23(16-18-30(27)34)15-17-24-22-31(33-19-9-4-10-20-33)26-12-6-7-13-28(26)32(24)2/h5-8,11-18,21-22H,3-4,9-10,19-20H2,1-2H3/q+1. The molecule has 1 fully saturated rings. The molecule has 0 radical (unpaired) electrons. The molecule has 1 saturated heterocycles. The van der Waals surface area contributed by atoms with E-state index in [1.807, 2.05) is 0 Å². The summed E-state index contributed by atoms with van der Waals surface area (Å²) < 4.78 is 4.73. The third kappa shape index (κ3) is 3.47. The van der Waals surface area contributed by atoms with Gasteiger partial charge >= 0.3 is 0 Å². The van der Waals surface area contributed by atoms with Gasteiger partial charge in [0.15, 0.2) is 0 Å². The second-order valence-corrected chi connectivity index (χ2v) is 9.45. The lowest BCUT2D eigenvalue weighted by Crippen LogP contribution is -2.35. The average molecular weight is 447 g/mol. The zero-order valence-corrected chi connectivity index (χ0v) is 20.2. The van der Waals surface area contributed by atoms with Crippen molar-refractivity contribution in [3.05, 3.63) is 84.1 Å². The summed E-state index contributed by atoms with van der Waals surface area (Å²) in [6.07, 6.45) is 8.46. The van der Waals surface area contributed by atoms with E-state index in [2.05, 4.69) is 113 Å². The van der Waals surface area contributed by atoms with Crippen molar-refractivity contribution in [1.29, 1.82) is 0 Å². The predicted molar refractivity (Wildman–Crippen MR) is 145 cm³/mol. The number of piperidine rings is 1. The van der Waals surface area contributed by atoms with Gasteiger partial charge < -0.3 is 9.47 Å². The quantitative estimate of drug-likeness (QED) is 0.272. The molecule has 0 N–H and O–H groups in total. The van der Waals surface area contributed by atoms with Crippen LogP contribution in [0.1, 0.15) is 37.4 Å². The number of benzene rings is 3. The lowest BCUT2D eigenvalue weighted by molar-refractivity contribution is -0.646. The van der Waals surface area contributed by atoms with Crippen molar-refractivity contribution in [2.24, 2.45) is 7.05 Å². The van der Waals surface area contributed by atoms with Crippen LogP contribution in [-0.4, -0.2) is 17.7 Å². The number of rotatable bonds is 4. The molecule has 0 aliphatic carbocycles. The number of nitrogens with zero attached hydrogens (tertiary/aromatic N) is 3. The summed E-state index contributed by atoms with van der Waals surface area (Å²) >= 11 is 0. The van der Waals surface area contributed by atoms with Crippen LogP contribution in [0.15, 0.2) is 72.8 Å². The number of aryl methyl sites for hydroxylation is 2. The van der Waals surface area contributed by atoms with Crippen LogP contribution in [0.4, 0.5) is 5.69 Å². The van der Waals surface area contributed by atoms with Crippen LogP contribution < -0.4 is 9.47 Å². The maximum atomic E-state index is 2.58. The molecule has 2 aromatic heterocycles. The largest absolute Gasteiger partial charge is 0.371 e. The molecule has 3 aromatic carbocycles. The Morgan fingerprint density at radius 3 is 2.32 bits per heavy atom. The summed E-state index contributed by atoms with van der Waals surface area (Å²) in [5, 5.41) is 4.01. The fourth-order valence-electron chi connectivity index (χ4n) is 5.69. The van der Waals surface area contributed by atoms with E-state index in [9.17, 15) is 0 Å². The Kier molecular flexibility index (Phi) is 5.33. The maximum absolute atomic E-state index is 2.58. The first kappa shape index (κ1) is 21.0. The van der Waals surface area contributed by atoms with Crippen LogP contribution in [0.2, 0.25) is 0 Å². The normalized spacial score (nSPS) is 14.7. The first-order chi connectivity index (χ1) is 16.7. The van der Waals surface area contributed by atoms with Gasteiger partial charge in [0.05, 0.1) is 11.1 Å². The molecule has 0 amide bonds. The second-order valence-electron chi connectivity index (χ2n) is 9.45. The van der Waals surface area contributed by atoms with Crippen molar-refractivity contribution < 1.29 is 4.57 Å².